The Morgan fingerprint density at radius 2 is 1.51 bits per heavy atom. The van der Waals surface area contributed by atoms with Crippen molar-refractivity contribution in [3.63, 3.8) is 0 Å². The molecule has 1 aliphatic heterocycles. The number of alkyl halides is 6. The van der Waals surface area contributed by atoms with E-state index in [9.17, 15) is 54.6 Å². The van der Waals surface area contributed by atoms with Gasteiger partial charge in [-0.1, -0.05) is 18.2 Å². The first kappa shape index (κ1) is 26.7. The topological polar surface area (TPSA) is 124 Å². The van der Waals surface area contributed by atoms with Crippen molar-refractivity contribution in [2.45, 2.75) is 53.5 Å². The molecule has 0 spiro atoms. The number of hydrogen-bond donors (Lipinski definition) is 3. The molecule has 1 atom stereocenters. The van der Waals surface area contributed by atoms with Crippen LogP contribution in [0.2, 0.25) is 0 Å². The lowest BCUT2D eigenvalue weighted by Gasteiger charge is -2.32. The van der Waals surface area contributed by atoms with Crippen LogP contribution in [0.1, 0.15) is 35.6 Å². The van der Waals surface area contributed by atoms with Crippen LogP contribution in [0.5, 0.6) is 0 Å². The van der Waals surface area contributed by atoms with Crippen LogP contribution in [-0.2, 0) is 26.8 Å². The first-order chi connectivity index (χ1) is 17.0. The number of nitrogens with zero attached hydrogens (tertiary/aromatic N) is 1. The van der Waals surface area contributed by atoms with E-state index < -0.39 is 56.6 Å². The van der Waals surface area contributed by atoms with Gasteiger partial charge < -0.3 is 15.5 Å². The Morgan fingerprint density at radius 1 is 0.946 bits per heavy atom. The molecule has 2 aliphatic rings. The molecule has 0 radical (unpaired) electrons. The van der Waals surface area contributed by atoms with Gasteiger partial charge >= 0.3 is 18.4 Å². The number of hydrogen-bond acceptors (Lipinski definition) is 5. The third kappa shape index (κ3) is 4.50. The van der Waals surface area contributed by atoms with Gasteiger partial charge in [-0.2, -0.15) is 26.3 Å². The lowest BCUT2D eigenvalue weighted by molar-refractivity contribution is -0.376. The van der Waals surface area contributed by atoms with Crippen LogP contribution in [0.25, 0.3) is 0 Å². The Balaban J connectivity index is 1.61. The summed E-state index contributed by atoms with van der Waals surface area (Å²) in [6.07, 6.45) is -12.7. The van der Waals surface area contributed by atoms with Crippen molar-refractivity contribution >= 4 is 27.5 Å². The normalized spacial score (nSPS) is 18.5. The lowest BCUT2D eigenvalue weighted by atomic mass is 9.92. The van der Waals surface area contributed by atoms with Gasteiger partial charge in [-0.05, 0) is 48.2 Å². The Morgan fingerprint density at radius 3 is 2.00 bits per heavy atom. The summed E-state index contributed by atoms with van der Waals surface area (Å²) in [5.74, 6) is -0.978. The highest BCUT2D eigenvalue weighted by Gasteiger charge is 2.71. The quantitative estimate of drug-likeness (QED) is 0.480. The molecule has 1 fully saturated rings. The van der Waals surface area contributed by atoms with Crippen molar-refractivity contribution < 1.29 is 54.6 Å². The molecule has 2 aromatic rings. The minimum Gasteiger partial charge on any atom is -0.465 e. The molecule has 3 N–H and O–H groups in total. The van der Waals surface area contributed by atoms with Crippen LogP contribution < -0.4 is 5.32 Å². The zero-order valence-corrected chi connectivity index (χ0v) is 19.3. The van der Waals surface area contributed by atoms with Crippen molar-refractivity contribution in [1.29, 1.82) is 0 Å². The fourth-order valence-electron chi connectivity index (χ4n) is 4.13. The zero-order valence-electron chi connectivity index (χ0n) is 18.5. The third-order valence-corrected chi connectivity index (χ3v) is 8.50. The summed E-state index contributed by atoms with van der Waals surface area (Å²) >= 11 is 0. The van der Waals surface area contributed by atoms with Crippen LogP contribution in [0.15, 0.2) is 47.4 Å². The van der Waals surface area contributed by atoms with Gasteiger partial charge in [0.15, 0.2) is 9.84 Å². The predicted molar refractivity (Wildman–Crippen MR) is 114 cm³/mol. The van der Waals surface area contributed by atoms with Crippen LogP contribution in [0.3, 0.4) is 0 Å². The maximum Gasteiger partial charge on any atom is 0.430 e. The fraction of sp³-hybridized carbons (Fsp3) is 0.364. The van der Waals surface area contributed by atoms with E-state index in [0.717, 1.165) is 0 Å². The highest BCUT2D eigenvalue weighted by Crippen LogP contribution is 2.50. The molecule has 0 saturated heterocycles. The smallest absolute Gasteiger partial charge is 0.430 e. The number of rotatable bonds is 5. The number of benzene rings is 2. The molecule has 1 aliphatic carbocycles. The minimum atomic E-state index is -6.09. The van der Waals surface area contributed by atoms with E-state index in [1.165, 1.54) is 18.2 Å². The molecule has 4 rings (SSSR count). The summed E-state index contributed by atoms with van der Waals surface area (Å²) in [7, 11) is -3.60. The molecule has 1 unspecified atom stereocenters. The summed E-state index contributed by atoms with van der Waals surface area (Å²) in [4.78, 5) is 25.4. The average Bonchev–Trinajstić information content (AvgIpc) is 3.58. The van der Waals surface area contributed by atoms with E-state index in [1.54, 1.807) is 0 Å². The van der Waals surface area contributed by atoms with E-state index in [1.807, 2.05) is 0 Å². The first-order valence-corrected chi connectivity index (χ1v) is 12.2. The van der Waals surface area contributed by atoms with Gasteiger partial charge in [-0.15, -0.1) is 0 Å². The number of nitrogens with one attached hydrogen (secondary N) is 1. The Kier molecular flexibility index (Phi) is 6.22. The molecule has 200 valence electrons. The molecule has 1 saturated carbocycles. The molecule has 2 aromatic carbocycles. The van der Waals surface area contributed by atoms with Crippen molar-refractivity contribution in [2.24, 2.45) is 0 Å². The number of amides is 2. The summed E-state index contributed by atoms with van der Waals surface area (Å²) in [5, 5.41) is 20.8. The van der Waals surface area contributed by atoms with E-state index in [0.29, 0.717) is 42.0 Å². The largest absolute Gasteiger partial charge is 0.465 e. The minimum absolute atomic E-state index is 0.0162. The van der Waals surface area contributed by atoms with Crippen molar-refractivity contribution in [3.8, 4) is 0 Å². The summed E-state index contributed by atoms with van der Waals surface area (Å²) in [6.45, 7) is -0.320. The van der Waals surface area contributed by atoms with Crippen molar-refractivity contribution in [1.82, 2.24) is 4.90 Å². The summed E-state index contributed by atoms with van der Waals surface area (Å²) in [6, 6.07) is 4.44. The second kappa shape index (κ2) is 8.62. The van der Waals surface area contributed by atoms with Gasteiger partial charge in [-0.3, -0.25) is 9.69 Å². The molecule has 15 heteroatoms. The first-order valence-electron chi connectivity index (χ1n) is 10.6. The van der Waals surface area contributed by atoms with Gasteiger partial charge in [0.1, 0.15) is 6.04 Å². The highest BCUT2D eigenvalue weighted by atomic mass is 32.2. The van der Waals surface area contributed by atoms with E-state index in [-0.39, 0.29) is 28.3 Å². The number of fused-ring (bicyclic) bond motifs is 1. The monoisotopic (exact) mass is 552 g/mol. The van der Waals surface area contributed by atoms with Gasteiger partial charge in [-0.25, -0.2) is 13.2 Å². The second-order valence-electron chi connectivity index (χ2n) is 8.69. The molecular formula is C22H18F6N2O6S. The Hall–Kier alpha value is -3.33. The van der Waals surface area contributed by atoms with Gasteiger partial charge in [0, 0.05) is 11.3 Å². The number of carboxylic acid groups (broad SMARTS) is 1. The Bertz CT molecular complexity index is 1340. The third-order valence-electron chi connectivity index (χ3n) is 6.24. The van der Waals surface area contributed by atoms with Crippen molar-refractivity contribution in [3.05, 3.63) is 59.2 Å². The number of halogens is 6. The average molecular weight is 552 g/mol. The number of sulfone groups is 1. The molecule has 0 bridgehead atoms. The molecule has 8 nitrogen and oxygen atoms in total. The molecule has 1 heterocycles. The number of carbonyl (C=O) groups is 2. The number of carbonyl (C=O) groups excluding carboxylic acids is 1. The number of aliphatic hydroxyl groups is 1. The van der Waals surface area contributed by atoms with E-state index >= 15 is 0 Å². The Labute approximate surface area is 205 Å². The zero-order chi connectivity index (χ0) is 27.6. The standard InChI is InChI=1S/C22H18F6N2O6S/c23-21(24,25)20(34,22(26,27)28)12-1-3-13(4-2-12)29-18(31)17-16-8-7-15(37(35,36)14-5-6-14)9-11(16)10-30(17)19(32)33/h1-4,7-9,14,17,34H,5-6,10H2,(H,29,31)(H,32,33). The van der Waals surface area contributed by atoms with Crippen molar-refractivity contribution in [2.75, 3.05) is 5.32 Å². The second-order valence-corrected chi connectivity index (χ2v) is 10.9. The SMILES string of the molecule is O=C(Nc1ccc(C(O)(C(F)(F)F)C(F)(F)F)cc1)C1c2ccc(S(=O)(=O)C3CC3)cc2CN1C(=O)O. The van der Waals surface area contributed by atoms with Crippen LogP contribution in [0, 0.1) is 0 Å². The van der Waals surface area contributed by atoms with E-state index in [2.05, 4.69) is 5.32 Å². The summed E-state index contributed by atoms with van der Waals surface area (Å²) in [5.41, 5.74) is -6.51. The molecular weight excluding hydrogens is 534 g/mol. The highest BCUT2D eigenvalue weighted by molar-refractivity contribution is 7.92. The molecule has 0 aromatic heterocycles. The van der Waals surface area contributed by atoms with Gasteiger partial charge in [0.2, 0.25) is 0 Å². The molecule has 2 amide bonds. The van der Waals surface area contributed by atoms with E-state index in [4.69, 9.17) is 0 Å². The maximum atomic E-state index is 13.1. The van der Waals surface area contributed by atoms with Gasteiger partial charge in [0.25, 0.3) is 11.5 Å². The molecule has 37 heavy (non-hydrogen) atoms. The fourth-order valence-corrected chi connectivity index (χ4v) is 5.84. The number of anilines is 1. The van der Waals surface area contributed by atoms with Crippen LogP contribution in [-0.4, -0.2) is 53.1 Å². The predicted octanol–water partition coefficient (Wildman–Crippen LogP) is 4.11. The lowest BCUT2D eigenvalue weighted by Crippen LogP contribution is -2.53. The summed E-state index contributed by atoms with van der Waals surface area (Å²) < 4.78 is 103. The van der Waals surface area contributed by atoms with Crippen LogP contribution >= 0.6 is 0 Å². The van der Waals surface area contributed by atoms with Gasteiger partial charge in [0.05, 0.1) is 16.7 Å². The van der Waals surface area contributed by atoms with Crippen LogP contribution in [0.4, 0.5) is 36.8 Å². The maximum absolute atomic E-state index is 13.1.